The van der Waals surface area contributed by atoms with Gasteiger partial charge in [-0.2, -0.15) is 8.42 Å². The van der Waals surface area contributed by atoms with Gasteiger partial charge in [0, 0.05) is 0 Å². The molecule has 5 nitrogen and oxygen atoms in total. The van der Waals surface area contributed by atoms with Crippen molar-refractivity contribution in [3.63, 3.8) is 0 Å². The lowest BCUT2D eigenvalue weighted by Crippen LogP contribution is -2.26. The molecule has 0 aromatic heterocycles. The Hall–Kier alpha value is -0.620. The van der Waals surface area contributed by atoms with Crippen molar-refractivity contribution in [3.05, 3.63) is 0 Å². The number of ether oxygens (including phenoxy) is 1. The minimum absolute atomic E-state index is 0.0672. The summed E-state index contributed by atoms with van der Waals surface area (Å²) in [5.41, 5.74) is 0. The van der Waals surface area contributed by atoms with Crippen molar-refractivity contribution in [2.75, 3.05) is 6.61 Å². The van der Waals surface area contributed by atoms with E-state index in [9.17, 15) is 13.2 Å². The molecule has 2 atom stereocenters. The Morgan fingerprint density at radius 1 is 1.64 bits per heavy atom. The molecule has 0 aliphatic carbocycles. The van der Waals surface area contributed by atoms with Crippen LogP contribution in [-0.2, 0) is 23.8 Å². The van der Waals surface area contributed by atoms with Crippen molar-refractivity contribution in [1.29, 1.82) is 0 Å². The van der Waals surface area contributed by atoms with Crippen LogP contribution in [0, 0.1) is 0 Å². The van der Waals surface area contributed by atoms with E-state index in [4.69, 9.17) is 0 Å². The molecule has 11 heavy (non-hydrogen) atoms. The number of hydrogen-bond acceptors (Lipinski definition) is 5. The third-order valence-electron chi connectivity index (χ3n) is 1.61. The third kappa shape index (κ3) is 1.51. The average Bonchev–Trinajstić information content (AvgIpc) is 2.17. The van der Waals surface area contributed by atoms with Crippen molar-refractivity contribution in [3.8, 4) is 0 Å². The van der Waals surface area contributed by atoms with E-state index in [2.05, 4.69) is 8.92 Å². The van der Waals surface area contributed by atoms with Gasteiger partial charge >= 0.3 is 0 Å². The largest absolute Gasteiger partial charge is 0.461 e. The van der Waals surface area contributed by atoms with Crippen LogP contribution < -0.4 is 0 Å². The Kier molecular flexibility index (Phi) is 2.15. The van der Waals surface area contributed by atoms with Crippen LogP contribution in [0.3, 0.4) is 0 Å². The molecule has 1 rings (SSSR count). The molecule has 1 saturated heterocycles. The predicted molar refractivity (Wildman–Crippen MR) is 35.3 cm³/mol. The molecule has 64 valence electrons. The molecular formula is C5H8O5S. The van der Waals surface area contributed by atoms with Gasteiger partial charge in [0.15, 0.2) is 0 Å². The van der Waals surface area contributed by atoms with E-state index in [0.717, 1.165) is 0 Å². The lowest BCUT2D eigenvalue weighted by Gasteiger charge is -2.07. The second-order valence-corrected chi connectivity index (χ2v) is 4.22. The van der Waals surface area contributed by atoms with Crippen LogP contribution in [0.4, 0.5) is 0 Å². The molecule has 0 saturated carbocycles. The molecule has 1 fully saturated rings. The highest BCUT2D eigenvalue weighted by molar-refractivity contribution is 7.87. The molecule has 0 radical (unpaired) electrons. The number of rotatable bonds is 2. The standard InChI is InChI=1S/C5H8O5S/c1-4-5(9-3-6)2-10-11(4,7)8/h3-5H,2H2,1H3. The molecule has 1 heterocycles. The minimum atomic E-state index is -3.48. The molecule has 0 bridgehead atoms. The van der Waals surface area contributed by atoms with Crippen LogP contribution in [0.2, 0.25) is 0 Å². The van der Waals surface area contributed by atoms with Gasteiger partial charge in [0.05, 0.1) is 0 Å². The van der Waals surface area contributed by atoms with Gasteiger partial charge in [0.2, 0.25) is 0 Å². The Morgan fingerprint density at radius 3 is 2.64 bits per heavy atom. The highest BCUT2D eigenvalue weighted by Gasteiger charge is 2.39. The van der Waals surface area contributed by atoms with Crippen molar-refractivity contribution >= 4 is 16.6 Å². The Balaban J connectivity index is 2.71. The second kappa shape index (κ2) is 2.78. The molecule has 0 spiro atoms. The first kappa shape index (κ1) is 8.48. The maximum atomic E-state index is 10.8. The average molecular weight is 180 g/mol. The first-order valence-electron chi connectivity index (χ1n) is 3.05. The van der Waals surface area contributed by atoms with E-state index in [1.54, 1.807) is 0 Å². The van der Waals surface area contributed by atoms with Gasteiger partial charge in [-0.05, 0) is 6.92 Å². The number of carbonyl (C=O) groups is 1. The fourth-order valence-corrected chi connectivity index (χ4v) is 1.86. The summed E-state index contributed by atoms with van der Waals surface area (Å²) in [5.74, 6) is 0. The molecular weight excluding hydrogens is 172 g/mol. The Morgan fingerprint density at radius 2 is 2.27 bits per heavy atom. The summed E-state index contributed by atoms with van der Waals surface area (Å²) in [5, 5.41) is -0.757. The van der Waals surface area contributed by atoms with E-state index in [1.165, 1.54) is 6.92 Å². The van der Waals surface area contributed by atoms with Gasteiger partial charge in [-0.3, -0.25) is 8.98 Å². The monoisotopic (exact) mass is 180 g/mol. The van der Waals surface area contributed by atoms with Crippen molar-refractivity contribution in [2.24, 2.45) is 0 Å². The molecule has 0 amide bonds. The van der Waals surface area contributed by atoms with Crippen LogP contribution in [0.1, 0.15) is 6.92 Å². The van der Waals surface area contributed by atoms with Gasteiger partial charge in [0.1, 0.15) is 18.0 Å². The van der Waals surface area contributed by atoms with E-state index in [-0.39, 0.29) is 13.1 Å². The van der Waals surface area contributed by atoms with E-state index in [0.29, 0.717) is 0 Å². The fraction of sp³-hybridized carbons (Fsp3) is 0.800. The summed E-state index contributed by atoms with van der Waals surface area (Å²) in [4.78, 5) is 9.84. The minimum Gasteiger partial charge on any atom is -0.461 e. The first-order valence-corrected chi connectivity index (χ1v) is 4.52. The third-order valence-corrected chi connectivity index (χ3v) is 3.28. The van der Waals surface area contributed by atoms with Crippen molar-refractivity contribution in [2.45, 2.75) is 18.3 Å². The summed E-state index contributed by atoms with van der Waals surface area (Å²) in [6, 6.07) is 0. The smallest absolute Gasteiger partial charge is 0.293 e. The molecule has 1 aliphatic heterocycles. The van der Waals surface area contributed by atoms with E-state index >= 15 is 0 Å². The summed E-state index contributed by atoms with van der Waals surface area (Å²) in [6.07, 6.45) is -0.655. The Bertz CT molecular complexity index is 244. The lowest BCUT2D eigenvalue weighted by atomic mass is 10.3. The molecule has 0 aromatic carbocycles. The predicted octanol–water partition coefficient (Wildman–Crippen LogP) is -0.724. The molecule has 0 aromatic rings. The van der Waals surface area contributed by atoms with E-state index < -0.39 is 21.5 Å². The number of hydrogen-bond donors (Lipinski definition) is 0. The van der Waals surface area contributed by atoms with Gasteiger partial charge < -0.3 is 4.74 Å². The zero-order valence-electron chi connectivity index (χ0n) is 5.89. The molecule has 1 aliphatic rings. The van der Waals surface area contributed by atoms with Gasteiger partial charge in [-0.15, -0.1) is 0 Å². The summed E-state index contributed by atoms with van der Waals surface area (Å²) in [7, 11) is -3.48. The van der Waals surface area contributed by atoms with Crippen LogP contribution in [0.25, 0.3) is 0 Å². The van der Waals surface area contributed by atoms with Gasteiger partial charge in [-0.25, -0.2) is 0 Å². The highest BCUT2D eigenvalue weighted by Crippen LogP contribution is 2.19. The normalized spacial score (nSPS) is 35.0. The SMILES string of the molecule is CC1C(OC=O)COS1(=O)=O. The van der Waals surface area contributed by atoms with Crippen LogP contribution in [0.15, 0.2) is 0 Å². The lowest BCUT2D eigenvalue weighted by molar-refractivity contribution is -0.133. The van der Waals surface area contributed by atoms with E-state index in [1.807, 2.05) is 0 Å². The van der Waals surface area contributed by atoms with Crippen LogP contribution >= 0.6 is 0 Å². The van der Waals surface area contributed by atoms with Gasteiger partial charge in [0.25, 0.3) is 16.6 Å². The van der Waals surface area contributed by atoms with Crippen LogP contribution in [0.5, 0.6) is 0 Å². The zero-order chi connectivity index (χ0) is 8.48. The molecule has 0 N–H and O–H groups in total. The fourth-order valence-electron chi connectivity index (χ4n) is 0.812. The molecule has 2 unspecified atom stereocenters. The number of carbonyl (C=O) groups excluding carboxylic acids is 1. The van der Waals surface area contributed by atoms with Crippen LogP contribution in [-0.4, -0.2) is 32.9 Å². The van der Waals surface area contributed by atoms with Crippen molar-refractivity contribution < 1.29 is 22.1 Å². The first-order chi connectivity index (χ1) is 5.08. The highest BCUT2D eigenvalue weighted by atomic mass is 32.2. The quantitative estimate of drug-likeness (QED) is 0.414. The Labute approximate surface area is 64.4 Å². The molecule has 6 heteroatoms. The second-order valence-electron chi connectivity index (χ2n) is 2.25. The van der Waals surface area contributed by atoms with Crippen molar-refractivity contribution in [1.82, 2.24) is 0 Å². The zero-order valence-corrected chi connectivity index (χ0v) is 6.71. The summed E-state index contributed by atoms with van der Waals surface area (Å²) >= 11 is 0. The summed E-state index contributed by atoms with van der Waals surface area (Å²) in [6.45, 7) is 1.60. The summed E-state index contributed by atoms with van der Waals surface area (Å²) < 4.78 is 30.5. The maximum Gasteiger partial charge on any atom is 0.293 e. The maximum absolute atomic E-state index is 10.8. The topological polar surface area (TPSA) is 69.7 Å². The van der Waals surface area contributed by atoms with Gasteiger partial charge in [-0.1, -0.05) is 0 Å².